The van der Waals surface area contributed by atoms with Gasteiger partial charge in [-0.3, -0.25) is 4.79 Å². The second-order valence-electron chi connectivity index (χ2n) is 11.5. The second kappa shape index (κ2) is 17.0. The van der Waals surface area contributed by atoms with Crippen LogP contribution in [-0.4, -0.2) is 66.2 Å². The van der Waals surface area contributed by atoms with Crippen LogP contribution in [0.4, 0.5) is 8.78 Å². The third kappa shape index (κ3) is 11.0. The molecule has 39 heavy (non-hydrogen) atoms. The molecule has 0 radical (unpaired) electrons. The molecule has 3 fully saturated rings. The summed E-state index contributed by atoms with van der Waals surface area (Å²) in [6, 6.07) is 0. The Morgan fingerprint density at radius 2 is 1.62 bits per heavy atom. The summed E-state index contributed by atoms with van der Waals surface area (Å²) in [5.74, 6) is -4.16. The van der Waals surface area contributed by atoms with Crippen LogP contribution in [0.5, 0.6) is 0 Å². The van der Waals surface area contributed by atoms with Gasteiger partial charge in [0.15, 0.2) is 12.6 Å². The van der Waals surface area contributed by atoms with Crippen LogP contribution in [0.25, 0.3) is 0 Å². The van der Waals surface area contributed by atoms with Crippen LogP contribution in [0.15, 0.2) is 12.2 Å². The fourth-order valence-corrected chi connectivity index (χ4v) is 6.00. The molecular formula is C30H50F2O7. The number of alkyl halides is 2. The molecule has 0 aromatic carbocycles. The average Bonchev–Trinajstić information content (AvgIpc) is 3.23. The summed E-state index contributed by atoms with van der Waals surface area (Å²) < 4.78 is 53.8. The van der Waals surface area contributed by atoms with Gasteiger partial charge in [0.2, 0.25) is 0 Å². The van der Waals surface area contributed by atoms with Crippen molar-refractivity contribution in [2.24, 2.45) is 11.8 Å². The molecule has 7 nitrogen and oxygen atoms in total. The van der Waals surface area contributed by atoms with Gasteiger partial charge in [-0.25, -0.2) is 8.78 Å². The Labute approximate surface area is 232 Å². The lowest BCUT2D eigenvalue weighted by atomic mass is 9.87. The van der Waals surface area contributed by atoms with Crippen LogP contribution in [0.2, 0.25) is 0 Å². The lowest BCUT2D eigenvalue weighted by molar-refractivity contribution is -0.204. The highest BCUT2D eigenvalue weighted by Gasteiger charge is 2.46. The first-order valence-corrected chi connectivity index (χ1v) is 15.3. The van der Waals surface area contributed by atoms with E-state index in [4.69, 9.17) is 24.1 Å². The largest absolute Gasteiger partial charge is 0.481 e. The zero-order valence-electron chi connectivity index (χ0n) is 23.6. The molecule has 0 aromatic heterocycles. The summed E-state index contributed by atoms with van der Waals surface area (Å²) >= 11 is 0. The van der Waals surface area contributed by atoms with Gasteiger partial charge in [0, 0.05) is 38.4 Å². The molecule has 1 aliphatic carbocycles. The summed E-state index contributed by atoms with van der Waals surface area (Å²) in [6.45, 7) is 3.17. The summed E-state index contributed by atoms with van der Waals surface area (Å²) in [5.41, 5.74) is 0. The number of carbonyl (C=O) groups is 1. The van der Waals surface area contributed by atoms with Crippen LogP contribution in [0.1, 0.15) is 110 Å². The van der Waals surface area contributed by atoms with E-state index in [1.165, 1.54) is 6.08 Å². The summed E-state index contributed by atoms with van der Waals surface area (Å²) in [6.07, 6.45) is 11.3. The Hall–Kier alpha value is -1.13. The van der Waals surface area contributed by atoms with Crippen molar-refractivity contribution in [1.29, 1.82) is 0 Å². The molecule has 2 aliphatic heterocycles. The minimum Gasteiger partial charge on any atom is -0.481 e. The maximum Gasteiger partial charge on any atom is 0.303 e. The van der Waals surface area contributed by atoms with Gasteiger partial charge < -0.3 is 29.2 Å². The van der Waals surface area contributed by atoms with Gasteiger partial charge >= 0.3 is 5.97 Å². The van der Waals surface area contributed by atoms with Crippen LogP contribution in [0.3, 0.4) is 0 Å². The normalized spacial score (nSPS) is 31.1. The molecule has 1 saturated carbocycles. The summed E-state index contributed by atoms with van der Waals surface area (Å²) in [7, 11) is 0. The smallest absolute Gasteiger partial charge is 0.303 e. The number of carboxylic acid groups (broad SMARTS) is 1. The molecule has 0 bridgehead atoms. The first kappa shape index (κ1) is 32.4. The number of aliphatic hydroxyl groups is 1. The first-order valence-electron chi connectivity index (χ1n) is 15.3. The van der Waals surface area contributed by atoms with E-state index in [1.807, 2.05) is 6.92 Å². The lowest BCUT2D eigenvalue weighted by Gasteiger charge is -2.30. The third-order valence-electron chi connectivity index (χ3n) is 8.28. The predicted octanol–water partition coefficient (Wildman–Crippen LogP) is 6.61. The fraction of sp³-hybridized carbons (Fsp3) is 0.900. The summed E-state index contributed by atoms with van der Waals surface area (Å²) in [5, 5.41) is 19.3. The van der Waals surface area contributed by atoms with Crippen LogP contribution in [0, 0.1) is 11.8 Å². The number of aliphatic hydroxyl groups excluding tert-OH is 1. The van der Waals surface area contributed by atoms with Gasteiger partial charge in [0.1, 0.15) is 6.10 Å². The van der Waals surface area contributed by atoms with Crippen molar-refractivity contribution >= 4 is 5.97 Å². The number of aliphatic carboxylic acids is 1. The van der Waals surface area contributed by atoms with Crippen molar-refractivity contribution in [1.82, 2.24) is 0 Å². The topological polar surface area (TPSA) is 94.5 Å². The van der Waals surface area contributed by atoms with E-state index in [-0.39, 0.29) is 49.5 Å². The average molecular weight is 561 g/mol. The molecule has 7 atom stereocenters. The van der Waals surface area contributed by atoms with Crippen LogP contribution in [-0.2, 0) is 23.7 Å². The highest BCUT2D eigenvalue weighted by atomic mass is 19.3. The highest BCUT2D eigenvalue weighted by molar-refractivity contribution is 5.66. The van der Waals surface area contributed by atoms with Crippen molar-refractivity contribution < 1.29 is 42.7 Å². The number of ether oxygens (including phenoxy) is 4. The quantitative estimate of drug-likeness (QED) is 0.153. The van der Waals surface area contributed by atoms with E-state index in [2.05, 4.69) is 0 Å². The molecule has 3 rings (SSSR count). The molecule has 9 heteroatoms. The van der Waals surface area contributed by atoms with Crippen molar-refractivity contribution in [2.45, 2.75) is 146 Å². The fourth-order valence-electron chi connectivity index (χ4n) is 6.00. The maximum atomic E-state index is 14.6. The van der Waals surface area contributed by atoms with E-state index in [0.29, 0.717) is 38.9 Å². The minimum absolute atomic E-state index is 0.0105. The molecule has 2 heterocycles. The number of hydrogen-bond donors (Lipinski definition) is 2. The van der Waals surface area contributed by atoms with Gasteiger partial charge in [-0.1, -0.05) is 44.8 Å². The van der Waals surface area contributed by atoms with Gasteiger partial charge in [-0.2, -0.15) is 0 Å². The number of hydrogen-bond acceptors (Lipinski definition) is 6. The van der Waals surface area contributed by atoms with E-state index in [1.54, 1.807) is 6.08 Å². The molecular weight excluding hydrogens is 510 g/mol. The van der Waals surface area contributed by atoms with E-state index >= 15 is 0 Å². The SMILES string of the molecule is CCCCC(F)(F)C(O)C=C[C@@H]1[C@@H](CCCCCCC(=O)O)[C@@H](OC2CCCCO2)C[C@H]1OC1CCCCO1. The Morgan fingerprint density at radius 1 is 0.974 bits per heavy atom. The highest BCUT2D eigenvalue weighted by Crippen LogP contribution is 2.43. The monoisotopic (exact) mass is 560 g/mol. The molecule has 226 valence electrons. The Kier molecular flexibility index (Phi) is 14.1. The number of carboxylic acids is 1. The Morgan fingerprint density at radius 3 is 2.21 bits per heavy atom. The standard InChI is InChI=1S/C30H50F2O7/c1-2-3-18-30(31,32)26(33)17-16-23-22(12-6-4-5-7-13-27(34)35)24(38-28-14-8-10-19-36-28)21-25(23)39-29-15-9-11-20-37-29/h16-17,22-26,28-29,33H,2-15,18-21H2,1H3,(H,34,35)/t22-,23-,24+,25-,26?,28?,29?/m1/s1. The van der Waals surface area contributed by atoms with Crippen LogP contribution >= 0.6 is 0 Å². The lowest BCUT2D eigenvalue weighted by Crippen LogP contribution is -2.33. The number of rotatable bonds is 17. The number of halogens is 2. The van der Waals surface area contributed by atoms with Crippen molar-refractivity contribution in [3.05, 3.63) is 12.2 Å². The summed E-state index contributed by atoms with van der Waals surface area (Å²) in [4.78, 5) is 10.8. The third-order valence-corrected chi connectivity index (χ3v) is 8.28. The molecule has 0 amide bonds. The minimum atomic E-state index is -3.18. The van der Waals surface area contributed by atoms with E-state index < -0.39 is 18.0 Å². The molecule has 2 saturated heterocycles. The molecule has 3 aliphatic rings. The van der Waals surface area contributed by atoms with Gasteiger partial charge in [-0.15, -0.1) is 0 Å². The van der Waals surface area contributed by atoms with Crippen molar-refractivity contribution in [3.8, 4) is 0 Å². The zero-order chi connectivity index (χ0) is 28.1. The number of unbranched alkanes of at least 4 members (excludes halogenated alkanes) is 4. The van der Waals surface area contributed by atoms with Gasteiger partial charge in [-0.05, 0) is 63.7 Å². The maximum absolute atomic E-state index is 14.6. The van der Waals surface area contributed by atoms with E-state index in [0.717, 1.165) is 64.2 Å². The van der Waals surface area contributed by atoms with Crippen molar-refractivity contribution in [3.63, 3.8) is 0 Å². The van der Waals surface area contributed by atoms with Crippen molar-refractivity contribution in [2.75, 3.05) is 13.2 Å². The molecule has 0 aromatic rings. The first-order chi connectivity index (χ1) is 18.8. The second-order valence-corrected chi connectivity index (χ2v) is 11.5. The molecule has 2 N–H and O–H groups in total. The van der Waals surface area contributed by atoms with E-state index in [9.17, 15) is 18.7 Å². The predicted molar refractivity (Wildman–Crippen MR) is 143 cm³/mol. The van der Waals surface area contributed by atoms with Gasteiger partial charge in [0.05, 0.1) is 12.2 Å². The Balaban J connectivity index is 1.74. The van der Waals surface area contributed by atoms with Gasteiger partial charge in [0.25, 0.3) is 5.92 Å². The Bertz CT molecular complexity index is 722. The zero-order valence-corrected chi connectivity index (χ0v) is 23.6. The molecule has 3 unspecified atom stereocenters. The molecule has 0 spiro atoms. The van der Waals surface area contributed by atoms with Crippen LogP contribution < -0.4 is 0 Å².